The number of non-ortho nitro benzene ring substituents is 1. The molecule has 25 heavy (non-hydrogen) atoms. The van der Waals surface area contributed by atoms with Crippen LogP contribution < -0.4 is 5.32 Å². The Kier molecular flexibility index (Phi) is 4.90. The van der Waals surface area contributed by atoms with E-state index in [1.807, 2.05) is 24.3 Å². The Hall–Kier alpha value is -3.00. The third-order valence-corrected chi connectivity index (χ3v) is 4.66. The molecule has 0 unspecified atom stereocenters. The lowest BCUT2D eigenvalue weighted by atomic mass is 10.3. The van der Waals surface area contributed by atoms with Gasteiger partial charge in [0.15, 0.2) is 0 Å². The number of nitro benzene ring substituents is 1. The first kappa shape index (κ1) is 16.8. The summed E-state index contributed by atoms with van der Waals surface area (Å²) in [4.78, 5) is 28.7. The topological polar surface area (TPSA) is 88.4 Å². The molecule has 1 heterocycles. The van der Waals surface area contributed by atoms with E-state index in [0.29, 0.717) is 12.2 Å². The minimum atomic E-state index is -0.466. The molecule has 0 fully saturated rings. The summed E-state index contributed by atoms with van der Waals surface area (Å²) in [5.74, 6) is -0.120. The highest BCUT2D eigenvalue weighted by atomic mass is 32.1. The number of nitro groups is 1. The van der Waals surface area contributed by atoms with Crippen molar-refractivity contribution >= 4 is 38.8 Å². The quantitative estimate of drug-likeness (QED) is 0.541. The average Bonchev–Trinajstić information content (AvgIpc) is 3.02. The number of nitrogens with one attached hydrogen (secondary N) is 1. The average molecular weight is 356 g/mol. The Labute approximate surface area is 148 Å². The Balaban J connectivity index is 1.59. The van der Waals surface area contributed by atoms with Crippen LogP contribution in [0.1, 0.15) is 5.01 Å². The molecule has 0 saturated carbocycles. The van der Waals surface area contributed by atoms with Crippen LogP contribution in [0.15, 0.2) is 48.5 Å². The van der Waals surface area contributed by atoms with E-state index in [-0.39, 0.29) is 18.1 Å². The van der Waals surface area contributed by atoms with Crippen molar-refractivity contribution in [2.75, 3.05) is 18.9 Å². The van der Waals surface area contributed by atoms with Crippen LogP contribution in [0.4, 0.5) is 11.4 Å². The van der Waals surface area contributed by atoms with Gasteiger partial charge in [0.05, 0.1) is 28.2 Å². The molecule has 1 N–H and O–H groups in total. The highest BCUT2D eigenvalue weighted by Gasteiger charge is 2.13. The van der Waals surface area contributed by atoms with Gasteiger partial charge in [-0.1, -0.05) is 18.2 Å². The van der Waals surface area contributed by atoms with Crippen molar-refractivity contribution in [2.45, 2.75) is 6.54 Å². The van der Waals surface area contributed by atoms with E-state index in [4.69, 9.17) is 0 Å². The maximum absolute atomic E-state index is 12.3. The number of anilines is 1. The van der Waals surface area contributed by atoms with Crippen molar-refractivity contribution in [1.82, 2.24) is 9.88 Å². The summed E-state index contributed by atoms with van der Waals surface area (Å²) < 4.78 is 1.09. The molecule has 0 atom stereocenters. The number of carbonyl (C=O) groups excluding carboxylic acids is 1. The monoisotopic (exact) mass is 356 g/mol. The predicted octanol–water partition coefficient (Wildman–Crippen LogP) is 3.28. The standard InChI is InChI=1S/C17H16N4O3S/c1-20(11-16-19-14-7-2-3-8-15(14)25-16)17(22)10-18-12-5-4-6-13(9-12)21(23)24/h2-9,18H,10-11H2,1H3. The normalized spacial score (nSPS) is 10.6. The third-order valence-electron chi connectivity index (χ3n) is 3.64. The number of aromatic nitrogens is 1. The summed E-state index contributed by atoms with van der Waals surface area (Å²) in [5.41, 5.74) is 1.45. The maximum Gasteiger partial charge on any atom is 0.271 e. The van der Waals surface area contributed by atoms with Crippen LogP contribution in [0.25, 0.3) is 10.2 Å². The van der Waals surface area contributed by atoms with Crippen LogP contribution in [0.2, 0.25) is 0 Å². The highest BCUT2D eigenvalue weighted by Crippen LogP contribution is 2.22. The van der Waals surface area contributed by atoms with E-state index in [2.05, 4.69) is 10.3 Å². The molecule has 0 aliphatic carbocycles. The Morgan fingerprint density at radius 3 is 2.84 bits per heavy atom. The molecule has 0 bridgehead atoms. The van der Waals surface area contributed by atoms with Gasteiger partial charge in [0.1, 0.15) is 5.01 Å². The molecule has 1 aromatic heterocycles. The molecular weight excluding hydrogens is 340 g/mol. The number of rotatable bonds is 6. The van der Waals surface area contributed by atoms with Crippen molar-refractivity contribution in [2.24, 2.45) is 0 Å². The van der Waals surface area contributed by atoms with E-state index < -0.39 is 4.92 Å². The number of fused-ring (bicyclic) bond motifs is 1. The lowest BCUT2D eigenvalue weighted by Crippen LogP contribution is -2.31. The summed E-state index contributed by atoms with van der Waals surface area (Å²) in [6.45, 7) is 0.483. The zero-order chi connectivity index (χ0) is 17.8. The van der Waals surface area contributed by atoms with Gasteiger partial charge in [-0.3, -0.25) is 14.9 Å². The number of hydrogen-bond donors (Lipinski definition) is 1. The molecule has 0 aliphatic rings. The fourth-order valence-corrected chi connectivity index (χ4v) is 3.34. The van der Waals surface area contributed by atoms with Gasteiger partial charge in [0.25, 0.3) is 5.69 Å². The molecule has 3 rings (SSSR count). The second-order valence-electron chi connectivity index (χ2n) is 5.49. The van der Waals surface area contributed by atoms with E-state index in [1.165, 1.54) is 12.1 Å². The SMILES string of the molecule is CN(Cc1nc2ccccc2s1)C(=O)CNc1cccc([N+](=O)[O-])c1. The summed E-state index contributed by atoms with van der Waals surface area (Å²) in [7, 11) is 1.71. The largest absolute Gasteiger partial charge is 0.376 e. The van der Waals surface area contributed by atoms with Crippen molar-refractivity contribution in [3.05, 3.63) is 63.7 Å². The minimum absolute atomic E-state index is 0.0136. The summed E-state index contributed by atoms with van der Waals surface area (Å²) in [6, 6.07) is 13.9. The van der Waals surface area contributed by atoms with Gasteiger partial charge >= 0.3 is 0 Å². The Bertz CT molecular complexity index is 892. The van der Waals surface area contributed by atoms with Gasteiger partial charge < -0.3 is 10.2 Å². The van der Waals surface area contributed by atoms with Crippen LogP contribution in [-0.4, -0.2) is 34.3 Å². The first-order valence-corrected chi connectivity index (χ1v) is 8.41. The third kappa shape index (κ3) is 4.10. The molecule has 0 aliphatic heterocycles. The first-order chi connectivity index (χ1) is 12.0. The number of benzene rings is 2. The summed E-state index contributed by atoms with van der Waals surface area (Å²) in [5, 5.41) is 14.6. The van der Waals surface area contributed by atoms with Crippen LogP contribution >= 0.6 is 11.3 Å². The first-order valence-electron chi connectivity index (χ1n) is 7.59. The summed E-state index contributed by atoms with van der Waals surface area (Å²) >= 11 is 1.56. The number of para-hydroxylation sites is 1. The fraction of sp³-hybridized carbons (Fsp3) is 0.176. The number of amides is 1. The number of hydrogen-bond acceptors (Lipinski definition) is 6. The predicted molar refractivity (Wildman–Crippen MR) is 97.7 cm³/mol. The minimum Gasteiger partial charge on any atom is -0.376 e. The van der Waals surface area contributed by atoms with Crippen LogP contribution in [0.3, 0.4) is 0 Å². The molecule has 7 nitrogen and oxygen atoms in total. The molecule has 3 aromatic rings. The number of likely N-dealkylation sites (N-methyl/N-ethyl adjacent to an activating group) is 1. The molecule has 0 radical (unpaired) electrons. The molecule has 128 valence electrons. The van der Waals surface area contributed by atoms with Crippen molar-refractivity contribution in [3.63, 3.8) is 0 Å². The van der Waals surface area contributed by atoms with Crippen LogP contribution in [-0.2, 0) is 11.3 Å². The van der Waals surface area contributed by atoms with Crippen LogP contribution in [0, 0.1) is 10.1 Å². The van der Waals surface area contributed by atoms with Crippen molar-refractivity contribution in [3.8, 4) is 0 Å². The zero-order valence-corrected chi connectivity index (χ0v) is 14.3. The summed E-state index contributed by atoms with van der Waals surface area (Å²) in [6.07, 6.45) is 0. The Morgan fingerprint density at radius 1 is 1.28 bits per heavy atom. The van der Waals surface area contributed by atoms with Crippen molar-refractivity contribution in [1.29, 1.82) is 0 Å². The van der Waals surface area contributed by atoms with E-state index >= 15 is 0 Å². The van der Waals surface area contributed by atoms with Gasteiger partial charge in [0.2, 0.25) is 5.91 Å². The van der Waals surface area contributed by atoms with Crippen LogP contribution in [0.5, 0.6) is 0 Å². The smallest absolute Gasteiger partial charge is 0.271 e. The molecule has 2 aromatic carbocycles. The van der Waals surface area contributed by atoms with E-state index in [0.717, 1.165) is 15.2 Å². The number of thiazole rings is 1. The molecule has 0 saturated heterocycles. The molecular formula is C17H16N4O3S. The van der Waals surface area contributed by atoms with Gasteiger partial charge in [0, 0.05) is 24.9 Å². The molecule has 1 amide bonds. The zero-order valence-electron chi connectivity index (χ0n) is 13.5. The fourth-order valence-electron chi connectivity index (χ4n) is 2.32. The van der Waals surface area contributed by atoms with Crippen molar-refractivity contribution < 1.29 is 9.72 Å². The van der Waals surface area contributed by atoms with Gasteiger partial charge in [-0.2, -0.15) is 0 Å². The maximum atomic E-state index is 12.3. The second-order valence-corrected chi connectivity index (χ2v) is 6.60. The molecule has 0 spiro atoms. The highest BCUT2D eigenvalue weighted by molar-refractivity contribution is 7.18. The Morgan fingerprint density at radius 2 is 2.08 bits per heavy atom. The van der Waals surface area contributed by atoms with Gasteiger partial charge in [-0.15, -0.1) is 11.3 Å². The lowest BCUT2D eigenvalue weighted by Gasteiger charge is -2.16. The van der Waals surface area contributed by atoms with Gasteiger partial charge in [-0.25, -0.2) is 4.98 Å². The molecule has 8 heteroatoms. The van der Waals surface area contributed by atoms with Gasteiger partial charge in [-0.05, 0) is 18.2 Å². The number of nitrogens with zero attached hydrogens (tertiary/aromatic N) is 3. The van der Waals surface area contributed by atoms with E-state index in [1.54, 1.807) is 35.4 Å². The second kappa shape index (κ2) is 7.27. The lowest BCUT2D eigenvalue weighted by molar-refractivity contribution is -0.384. The van der Waals surface area contributed by atoms with E-state index in [9.17, 15) is 14.9 Å². The number of carbonyl (C=O) groups is 1.